The summed E-state index contributed by atoms with van der Waals surface area (Å²) in [6, 6.07) is 30.0. The first-order valence-corrected chi connectivity index (χ1v) is 14.2. The number of rotatable bonds is 5. The van der Waals surface area contributed by atoms with Crippen molar-refractivity contribution < 1.29 is 9.59 Å². The Balaban J connectivity index is 1.40. The molecule has 2 heterocycles. The molecule has 0 N–H and O–H groups in total. The summed E-state index contributed by atoms with van der Waals surface area (Å²) >= 11 is 3.54. The van der Waals surface area contributed by atoms with Crippen molar-refractivity contribution in [1.82, 2.24) is 19.9 Å². The summed E-state index contributed by atoms with van der Waals surface area (Å²) in [5.41, 5.74) is 3.58. The van der Waals surface area contributed by atoms with Gasteiger partial charge in [-0.1, -0.05) is 100 Å². The lowest BCUT2D eigenvalue weighted by Gasteiger charge is -2.36. The molecule has 4 aromatic carbocycles. The monoisotopic (exact) mass is 590 g/mol. The van der Waals surface area contributed by atoms with Crippen LogP contribution in [-0.2, 0) is 12.1 Å². The number of carbonyl (C=O) groups is 2. The van der Waals surface area contributed by atoms with Crippen LogP contribution in [0.25, 0.3) is 10.8 Å². The highest BCUT2D eigenvalue weighted by Crippen LogP contribution is 2.57. The van der Waals surface area contributed by atoms with Crippen LogP contribution in [0.1, 0.15) is 49.1 Å². The fourth-order valence-electron chi connectivity index (χ4n) is 6.96. The van der Waals surface area contributed by atoms with Crippen LogP contribution in [0.4, 0.5) is 0 Å². The second-order valence-corrected chi connectivity index (χ2v) is 11.8. The Bertz CT molecular complexity index is 1790. The van der Waals surface area contributed by atoms with E-state index in [1.807, 2.05) is 105 Å². The fourth-order valence-corrected chi connectivity index (χ4v) is 7.22. The van der Waals surface area contributed by atoms with E-state index in [4.69, 9.17) is 0 Å². The molecule has 0 amide bonds. The zero-order valence-corrected chi connectivity index (χ0v) is 23.8. The highest BCUT2D eigenvalue weighted by molar-refractivity contribution is 9.10. The van der Waals surface area contributed by atoms with Crippen molar-refractivity contribution in [3.05, 3.63) is 129 Å². The van der Waals surface area contributed by atoms with Gasteiger partial charge in [0.15, 0.2) is 17.3 Å². The third-order valence-corrected chi connectivity index (χ3v) is 9.33. The van der Waals surface area contributed by atoms with E-state index in [0.717, 1.165) is 31.9 Å². The number of nitrogens with zero attached hydrogens (tertiary/aromatic N) is 4. The van der Waals surface area contributed by atoms with Gasteiger partial charge < -0.3 is 0 Å². The first-order valence-electron chi connectivity index (χ1n) is 13.4. The van der Waals surface area contributed by atoms with Crippen LogP contribution in [0.3, 0.4) is 0 Å². The second kappa shape index (κ2) is 9.32. The zero-order chi connectivity index (χ0) is 27.6. The van der Waals surface area contributed by atoms with Crippen molar-refractivity contribution in [3.63, 3.8) is 0 Å². The lowest BCUT2D eigenvalue weighted by molar-refractivity contribution is 0.0571. The van der Waals surface area contributed by atoms with Gasteiger partial charge in [-0.3, -0.25) is 14.5 Å². The predicted octanol–water partition coefficient (Wildman–Crippen LogP) is 6.17. The number of hydrogen-bond acceptors (Lipinski definition) is 5. The number of likely N-dealkylation sites (tertiary alicyclic amines) is 1. The van der Waals surface area contributed by atoms with E-state index in [1.165, 1.54) is 0 Å². The lowest BCUT2D eigenvalue weighted by atomic mass is 9.70. The van der Waals surface area contributed by atoms with Gasteiger partial charge in [0, 0.05) is 22.5 Å². The summed E-state index contributed by atoms with van der Waals surface area (Å²) in [6.45, 7) is 2.97. The van der Waals surface area contributed by atoms with Crippen molar-refractivity contribution in [2.24, 2.45) is 5.92 Å². The third-order valence-electron chi connectivity index (χ3n) is 8.80. The topological polar surface area (TPSA) is 68.1 Å². The number of benzene rings is 4. The smallest absolute Gasteiger partial charge is 0.191 e. The van der Waals surface area contributed by atoms with Crippen LogP contribution < -0.4 is 0 Å². The number of likely N-dealkylation sites (N-methyl/N-ethyl adjacent to an activating group) is 1. The molecule has 40 heavy (non-hydrogen) atoms. The highest BCUT2D eigenvalue weighted by Gasteiger charge is 2.64. The molecule has 7 heteroatoms. The largest absolute Gasteiger partial charge is 0.292 e. The second-order valence-electron chi connectivity index (χ2n) is 10.9. The number of aromatic nitrogens is 3. The minimum absolute atomic E-state index is 0.0194. The van der Waals surface area contributed by atoms with Gasteiger partial charge in [-0.05, 0) is 53.6 Å². The predicted molar refractivity (Wildman–Crippen MR) is 158 cm³/mol. The average Bonchev–Trinajstić information content (AvgIpc) is 3.57. The Morgan fingerprint density at radius 2 is 1.70 bits per heavy atom. The molecule has 1 saturated heterocycles. The molecule has 2 aliphatic rings. The number of Topliss-reactive ketones (excluding diaryl/α,β-unsaturated/α-hetero) is 2. The van der Waals surface area contributed by atoms with E-state index in [0.29, 0.717) is 30.0 Å². The van der Waals surface area contributed by atoms with Crippen LogP contribution in [-0.4, -0.2) is 45.1 Å². The molecule has 1 fully saturated rings. The number of carbonyl (C=O) groups excluding carboxylic acids is 2. The molecule has 1 aliphatic heterocycles. The van der Waals surface area contributed by atoms with Crippen LogP contribution in [0.5, 0.6) is 0 Å². The molecule has 3 atom stereocenters. The molecule has 0 bridgehead atoms. The first-order chi connectivity index (χ1) is 19.4. The molecule has 6 nitrogen and oxygen atoms in total. The maximum absolute atomic E-state index is 14.8. The Morgan fingerprint density at radius 1 is 0.975 bits per heavy atom. The summed E-state index contributed by atoms with van der Waals surface area (Å²) in [4.78, 5) is 31.5. The normalized spacial score (nSPS) is 22.0. The summed E-state index contributed by atoms with van der Waals surface area (Å²) in [5, 5.41) is 10.8. The lowest BCUT2D eigenvalue weighted by Crippen LogP contribution is -2.50. The van der Waals surface area contributed by atoms with Gasteiger partial charge in [-0.25, -0.2) is 4.68 Å². The van der Waals surface area contributed by atoms with E-state index >= 15 is 0 Å². The molecule has 7 rings (SSSR count). The molecular weight excluding hydrogens is 564 g/mol. The average molecular weight is 592 g/mol. The summed E-state index contributed by atoms with van der Waals surface area (Å²) in [6.07, 6.45) is 0. The first kappa shape index (κ1) is 25.1. The van der Waals surface area contributed by atoms with Gasteiger partial charge in [0.1, 0.15) is 5.54 Å². The SMILES string of the molecule is Cc1c(C(=O)C2C(c3ccc(Br)cc3)CN(C)C23C(=O)c2cccc4cccc3c24)nnn1Cc1ccccc1. The molecule has 1 spiro atoms. The van der Waals surface area contributed by atoms with Crippen LogP contribution >= 0.6 is 15.9 Å². The van der Waals surface area contributed by atoms with Gasteiger partial charge in [-0.15, -0.1) is 5.10 Å². The van der Waals surface area contributed by atoms with Gasteiger partial charge in [-0.2, -0.15) is 0 Å². The fraction of sp³-hybridized carbons (Fsp3) is 0.212. The zero-order valence-electron chi connectivity index (χ0n) is 22.2. The molecule has 1 aliphatic carbocycles. The van der Waals surface area contributed by atoms with Crippen molar-refractivity contribution in [3.8, 4) is 0 Å². The molecule has 198 valence electrons. The van der Waals surface area contributed by atoms with Gasteiger partial charge >= 0.3 is 0 Å². The Morgan fingerprint density at radius 3 is 2.45 bits per heavy atom. The van der Waals surface area contributed by atoms with Gasteiger partial charge in [0.2, 0.25) is 0 Å². The number of halogens is 1. The van der Waals surface area contributed by atoms with Crippen LogP contribution in [0.15, 0.2) is 95.5 Å². The van der Waals surface area contributed by atoms with Crippen LogP contribution in [0.2, 0.25) is 0 Å². The van der Waals surface area contributed by atoms with E-state index in [9.17, 15) is 9.59 Å². The van der Waals surface area contributed by atoms with E-state index in [2.05, 4.69) is 31.1 Å². The van der Waals surface area contributed by atoms with Crippen molar-refractivity contribution >= 4 is 38.3 Å². The number of hydrogen-bond donors (Lipinski definition) is 0. The van der Waals surface area contributed by atoms with Gasteiger partial charge in [0.25, 0.3) is 0 Å². The van der Waals surface area contributed by atoms with Gasteiger partial charge in [0.05, 0.1) is 18.2 Å². The molecule has 5 aromatic rings. The quantitative estimate of drug-likeness (QED) is 0.229. The standard InChI is InChI=1S/C33H27BrN4O2/c1-20-30(35-36-38(20)18-21-8-4-3-5-9-21)31(39)29-26(22-14-16-24(34)17-15-22)19-37(2)33(29)27-13-7-11-23-10-6-12-25(28(23)27)32(33)40/h3-17,26,29H,18-19H2,1-2H3. The van der Waals surface area contributed by atoms with Crippen LogP contribution in [0, 0.1) is 12.8 Å². The molecule has 1 aromatic heterocycles. The highest BCUT2D eigenvalue weighted by atomic mass is 79.9. The third kappa shape index (κ3) is 3.50. The van der Waals surface area contributed by atoms with E-state index in [-0.39, 0.29) is 17.5 Å². The maximum Gasteiger partial charge on any atom is 0.191 e. The number of ketones is 2. The summed E-state index contributed by atoms with van der Waals surface area (Å²) in [7, 11) is 1.97. The molecule has 0 saturated carbocycles. The van der Waals surface area contributed by atoms with Crippen molar-refractivity contribution in [2.75, 3.05) is 13.6 Å². The van der Waals surface area contributed by atoms with E-state index in [1.54, 1.807) is 4.68 Å². The Hall–Kier alpha value is -3.94. The van der Waals surface area contributed by atoms with E-state index < -0.39 is 11.5 Å². The maximum atomic E-state index is 14.8. The molecular formula is C33H27BrN4O2. The number of fused-ring (bicyclic) bond motifs is 1. The van der Waals surface area contributed by atoms with Crippen molar-refractivity contribution in [1.29, 1.82) is 0 Å². The Labute approximate surface area is 240 Å². The minimum Gasteiger partial charge on any atom is -0.292 e. The minimum atomic E-state index is -1.13. The molecule has 0 radical (unpaired) electrons. The molecule has 3 unspecified atom stereocenters. The Kier molecular flexibility index (Phi) is 5.84. The summed E-state index contributed by atoms with van der Waals surface area (Å²) < 4.78 is 2.74. The van der Waals surface area contributed by atoms with Crippen molar-refractivity contribution in [2.45, 2.75) is 24.9 Å². The summed E-state index contributed by atoms with van der Waals surface area (Å²) in [5.74, 6) is -1.05.